The Morgan fingerprint density at radius 3 is 2.29 bits per heavy atom. The number of hydrogen-bond donors (Lipinski definition) is 1. The van der Waals surface area contributed by atoms with Crippen molar-refractivity contribution in [2.75, 3.05) is 19.0 Å². The molecule has 0 amide bonds. The lowest BCUT2D eigenvalue weighted by atomic mass is 9.98. The summed E-state index contributed by atoms with van der Waals surface area (Å²) < 4.78 is 20.3. The molecule has 1 aliphatic carbocycles. The van der Waals surface area contributed by atoms with E-state index in [4.69, 9.17) is 27.7 Å². The Bertz CT molecular complexity index is 851. The van der Waals surface area contributed by atoms with E-state index in [0.29, 0.717) is 15.9 Å². The van der Waals surface area contributed by atoms with E-state index in [2.05, 4.69) is 0 Å². The van der Waals surface area contributed by atoms with E-state index in [1.165, 1.54) is 0 Å². The highest BCUT2D eigenvalue weighted by Gasteiger charge is 2.40. The molecule has 28 heavy (non-hydrogen) atoms. The van der Waals surface area contributed by atoms with Gasteiger partial charge < -0.3 is 14.5 Å². The highest BCUT2D eigenvalue weighted by atomic mass is 35.5. The van der Waals surface area contributed by atoms with E-state index < -0.39 is 13.2 Å². The third kappa shape index (κ3) is 4.75. The van der Waals surface area contributed by atoms with Gasteiger partial charge in [-0.2, -0.15) is 0 Å². The maximum atomic E-state index is 14.1. The third-order valence-electron chi connectivity index (χ3n) is 5.15. The maximum absolute atomic E-state index is 14.1. The average molecular weight is 442 g/mol. The first-order valence-corrected chi connectivity index (χ1v) is 12.0. The van der Waals surface area contributed by atoms with Crippen LogP contribution in [0.5, 0.6) is 0 Å². The number of nitrogens with zero attached hydrogens (tertiary/aromatic N) is 1. The fraction of sp³-hybridized carbons (Fsp3) is 0.429. The predicted molar refractivity (Wildman–Crippen MR) is 117 cm³/mol. The number of aliphatic hydroxyl groups is 1. The maximum Gasteiger partial charge on any atom is 0.264 e. The van der Waals surface area contributed by atoms with E-state index >= 15 is 0 Å². The molecular formula is C21H26Cl2NO3P. The summed E-state index contributed by atoms with van der Waals surface area (Å²) in [6, 6.07) is 12.1. The molecule has 0 aliphatic heterocycles. The van der Waals surface area contributed by atoms with Gasteiger partial charge in [0.25, 0.3) is 7.37 Å². The summed E-state index contributed by atoms with van der Waals surface area (Å²) in [6.07, 6.45) is 4.81. The van der Waals surface area contributed by atoms with Gasteiger partial charge in [-0.15, -0.1) is 0 Å². The molecule has 7 heteroatoms. The summed E-state index contributed by atoms with van der Waals surface area (Å²) in [5.74, 6) is -1.36. The van der Waals surface area contributed by atoms with Gasteiger partial charge in [-0.05, 0) is 49.2 Å². The normalized spacial score (nSPS) is 18.5. The lowest BCUT2D eigenvalue weighted by Crippen LogP contribution is -2.22. The summed E-state index contributed by atoms with van der Waals surface area (Å²) in [5, 5.41) is 12.4. The van der Waals surface area contributed by atoms with E-state index in [9.17, 15) is 9.67 Å². The Hall–Kier alpha value is -1.03. The third-order valence-corrected chi connectivity index (χ3v) is 8.26. The largest absolute Gasteiger partial charge is 0.378 e. The quantitative estimate of drug-likeness (QED) is 0.558. The molecule has 152 valence electrons. The summed E-state index contributed by atoms with van der Waals surface area (Å²) in [4.78, 5) is 1.96. The van der Waals surface area contributed by atoms with Crippen molar-refractivity contribution in [3.63, 3.8) is 0 Å². The molecule has 0 spiro atoms. The minimum absolute atomic E-state index is 0.131. The highest BCUT2D eigenvalue weighted by Crippen LogP contribution is 2.60. The van der Waals surface area contributed by atoms with Crippen LogP contribution in [-0.2, 0) is 9.09 Å². The zero-order valence-electron chi connectivity index (χ0n) is 16.1. The van der Waals surface area contributed by atoms with Crippen LogP contribution >= 0.6 is 30.6 Å². The molecule has 0 radical (unpaired) electrons. The zero-order chi connectivity index (χ0) is 20.3. The molecule has 0 saturated heterocycles. The fourth-order valence-electron chi connectivity index (χ4n) is 3.50. The van der Waals surface area contributed by atoms with E-state index in [1.807, 2.05) is 31.1 Å². The molecular weight excluding hydrogens is 416 g/mol. The van der Waals surface area contributed by atoms with Crippen molar-refractivity contribution in [3.05, 3.63) is 58.1 Å². The summed E-state index contributed by atoms with van der Waals surface area (Å²) in [6.45, 7) is 0. The lowest BCUT2D eigenvalue weighted by molar-refractivity contribution is 0.137. The second-order valence-corrected chi connectivity index (χ2v) is 10.7. The topological polar surface area (TPSA) is 49.8 Å². The molecule has 1 fully saturated rings. The van der Waals surface area contributed by atoms with Crippen LogP contribution in [0.25, 0.3) is 0 Å². The number of anilines is 1. The average Bonchev–Trinajstić information content (AvgIpc) is 2.68. The Morgan fingerprint density at radius 2 is 1.71 bits per heavy atom. The van der Waals surface area contributed by atoms with Crippen LogP contribution in [0.4, 0.5) is 5.69 Å². The standard InChI is InChI=1S/C21H26Cl2NO3P/c1-24(2)16-9-11-18(12-10-16)28(26,27-17-6-4-3-5-7-17)21(25)19-13-8-15(22)14-20(19)23/h8-14,17,21,25H,3-7H2,1-2H3/t21-,28-/m0/s1. The molecule has 3 rings (SSSR count). The van der Waals surface area contributed by atoms with Crippen LogP contribution < -0.4 is 10.2 Å². The molecule has 0 heterocycles. The number of benzene rings is 2. The second-order valence-electron chi connectivity index (χ2n) is 7.41. The molecule has 0 aromatic heterocycles. The van der Waals surface area contributed by atoms with Gasteiger partial charge in [-0.25, -0.2) is 0 Å². The highest BCUT2D eigenvalue weighted by molar-refractivity contribution is 7.67. The van der Waals surface area contributed by atoms with Gasteiger partial charge >= 0.3 is 0 Å². The molecule has 4 nitrogen and oxygen atoms in total. The molecule has 0 bridgehead atoms. The van der Waals surface area contributed by atoms with Gasteiger partial charge in [0.15, 0.2) is 5.85 Å². The Balaban J connectivity index is 2.01. The first-order chi connectivity index (χ1) is 13.3. The second kappa shape index (κ2) is 9.19. The number of rotatable bonds is 6. The molecule has 1 saturated carbocycles. The minimum Gasteiger partial charge on any atom is -0.378 e. The Kier molecular flexibility index (Phi) is 7.12. The van der Waals surface area contributed by atoms with Gasteiger partial charge in [0, 0.05) is 40.7 Å². The molecule has 1 N–H and O–H groups in total. The molecule has 2 atom stereocenters. The van der Waals surface area contributed by atoms with Gasteiger partial charge in [0.1, 0.15) is 0 Å². The van der Waals surface area contributed by atoms with Crippen molar-refractivity contribution in [3.8, 4) is 0 Å². The smallest absolute Gasteiger partial charge is 0.264 e. The molecule has 2 aromatic rings. The van der Waals surface area contributed by atoms with Crippen LogP contribution in [0.15, 0.2) is 42.5 Å². The Morgan fingerprint density at radius 1 is 1.07 bits per heavy atom. The molecule has 1 aliphatic rings. The number of hydrogen-bond acceptors (Lipinski definition) is 4. The number of aliphatic hydroxyl groups excluding tert-OH is 1. The van der Waals surface area contributed by atoms with Gasteiger partial charge in [0.2, 0.25) is 0 Å². The first kappa shape index (κ1) is 21.7. The number of halogens is 2. The van der Waals surface area contributed by atoms with Crippen LogP contribution in [0, 0.1) is 0 Å². The van der Waals surface area contributed by atoms with E-state index in [0.717, 1.165) is 37.8 Å². The van der Waals surface area contributed by atoms with E-state index in [-0.39, 0.29) is 11.1 Å². The van der Waals surface area contributed by atoms with Crippen molar-refractivity contribution in [1.82, 2.24) is 0 Å². The molecule has 0 unspecified atom stereocenters. The van der Waals surface area contributed by atoms with Crippen molar-refractivity contribution in [2.24, 2.45) is 0 Å². The van der Waals surface area contributed by atoms with Crippen molar-refractivity contribution >= 4 is 41.6 Å². The van der Waals surface area contributed by atoms with Crippen LogP contribution in [-0.4, -0.2) is 25.3 Å². The van der Waals surface area contributed by atoms with Crippen LogP contribution in [0.1, 0.15) is 43.5 Å². The van der Waals surface area contributed by atoms with Crippen molar-refractivity contribution in [2.45, 2.75) is 44.1 Å². The summed E-state index contributed by atoms with van der Waals surface area (Å²) in [5.41, 5.74) is 1.34. The molecule has 2 aromatic carbocycles. The predicted octanol–water partition coefficient (Wildman–Crippen LogP) is 6.00. The monoisotopic (exact) mass is 441 g/mol. The minimum atomic E-state index is -3.64. The SMILES string of the molecule is CN(C)c1ccc([P@](=O)(OC2CCCCC2)[C@H](O)c2ccc(Cl)cc2Cl)cc1. The fourth-order valence-corrected chi connectivity index (χ4v) is 6.42. The Labute approximate surface area is 176 Å². The summed E-state index contributed by atoms with van der Waals surface area (Å²) >= 11 is 12.3. The van der Waals surface area contributed by atoms with Crippen LogP contribution in [0.2, 0.25) is 10.0 Å². The van der Waals surface area contributed by atoms with Gasteiger partial charge in [-0.1, -0.05) is 48.5 Å². The summed E-state index contributed by atoms with van der Waals surface area (Å²) in [7, 11) is 0.244. The van der Waals surface area contributed by atoms with E-state index in [1.54, 1.807) is 30.3 Å². The lowest BCUT2D eigenvalue weighted by Gasteiger charge is -2.31. The van der Waals surface area contributed by atoms with Crippen molar-refractivity contribution < 1.29 is 14.2 Å². The van der Waals surface area contributed by atoms with Crippen molar-refractivity contribution in [1.29, 1.82) is 0 Å². The van der Waals surface area contributed by atoms with Gasteiger partial charge in [0.05, 0.1) is 6.10 Å². The van der Waals surface area contributed by atoms with Crippen LogP contribution in [0.3, 0.4) is 0 Å². The van der Waals surface area contributed by atoms with Gasteiger partial charge in [-0.3, -0.25) is 4.57 Å². The zero-order valence-corrected chi connectivity index (χ0v) is 18.6. The first-order valence-electron chi connectivity index (χ1n) is 9.50.